The first-order valence-electron chi connectivity index (χ1n) is 4.96. The van der Waals surface area contributed by atoms with Crippen LogP contribution in [0.2, 0.25) is 0 Å². The molecular formula is C10H13N5O. The first kappa shape index (κ1) is 10.7. The first-order valence-corrected chi connectivity index (χ1v) is 4.96. The van der Waals surface area contributed by atoms with Crippen LogP contribution >= 0.6 is 0 Å². The van der Waals surface area contributed by atoms with E-state index in [0.717, 1.165) is 5.56 Å². The van der Waals surface area contributed by atoms with Crippen molar-refractivity contribution in [3.63, 3.8) is 0 Å². The lowest BCUT2D eigenvalue weighted by molar-refractivity contribution is 0.164. The predicted octanol–water partition coefficient (Wildman–Crippen LogP) is 0.190. The lowest BCUT2D eigenvalue weighted by Gasteiger charge is -2.08. The van der Waals surface area contributed by atoms with Crippen LogP contribution in [0.5, 0.6) is 0 Å². The molecule has 0 aliphatic heterocycles. The van der Waals surface area contributed by atoms with Gasteiger partial charge >= 0.3 is 0 Å². The largest absolute Gasteiger partial charge is 0.385 e. The summed E-state index contributed by atoms with van der Waals surface area (Å²) >= 11 is 0. The summed E-state index contributed by atoms with van der Waals surface area (Å²) in [7, 11) is 1.78. The molecule has 0 bridgehead atoms. The standard InChI is InChI=1S/C10H13N5O/c1-7-4-11-10(12-5-7)8(16)3-9-13-6-14-15(9)2/h4-6,8,16H,3H2,1-2H3. The molecule has 0 aromatic carbocycles. The van der Waals surface area contributed by atoms with Crippen molar-refractivity contribution in [3.8, 4) is 0 Å². The third-order valence-corrected chi connectivity index (χ3v) is 2.28. The molecule has 1 unspecified atom stereocenters. The second-order valence-corrected chi connectivity index (χ2v) is 3.64. The van der Waals surface area contributed by atoms with E-state index in [4.69, 9.17) is 0 Å². The van der Waals surface area contributed by atoms with E-state index in [-0.39, 0.29) is 0 Å². The fraction of sp³-hybridized carbons (Fsp3) is 0.400. The summed E-state index contributed by atoms with van der Waals surface area (Å²) in [6, 6.07) is 0. The van der Waals surface area contributed by atoms with Crippen molar-refractivity contribution in [3.05, 3.63) is 35.9 Å². The number of aliphatic hydroxyl groups is 1. The lowest BCUT2D eigenvalue weighted by atomic mass is 10.2. The fourth-order valence-electron chi connectivity index (χ4n) is 1.34. The van der Waals surface area contributed by atoms with E-state index in [1.807, 2.05) is 6.92 Å². The normalized spacial score (nSPS) is 12.7. The number of aryl methyl sites for hydroxylation is 2. The van der Waals surface area contributed by atoms with Gasteiger partial charge in [0.2, 0.25) is 0 Å². The van der Waals surface area contributed by atoms with Crippen LogP contribution in [0.4, 0.5) is 0 Å². The Balaban J connectivity index is 2.11. The molecule has 0 amide bonds. The van der Waals surface area contributed by atoms with Crippen LogP contribution in [-0.4, -0.2) is 29.8 Å². The number of aliphatic hydroxyl groups excluding tert-OH is 1. The summed E-state index contributed by atoms with van der Waals surface area (Å²) in [5.74, 6) is 1.12. The molecular weight excluding hydrogens is 206 g/mol. The minimum atomic E-state index is -0.747. The van der Waals surface area contributed by atoms with E-state index in [2.05, 4.69) is 20.1 Å². The van der Waals surface area contributed by atoms with Crippen molar-refractivity contribution in [1.29, 1.82) is 0 Å². The van der Waals surface area contributed by atoms with Gasteiger partial charge in [0.25, 0.3) is 0 Å². The van der Waals surface area contributed by atoms with Crippen molar-refractivity contribution >= 4 is 0 Å². The predicted molar refractivity (Wildman–Crippen MR) is 56.4 cm³/mol. The summed E-state index contributed by atoms with van der Waals surface area (Å²) in [5, 5.41) is 13.8. The molecule has 2 aromatic rings. The smallest absolute Gasteiger partial charge is 0.157 e. The molecule has 6 nitrogen and oxygen atoms in total. The Morgan fingerprint density at radius 2 is 2.00 bits per heavy atom. The minimum absolute atomic E-state index is 0.361. The second kappa shape index (κ2) is 4.36. The Labute approximate surface area is 93.0 Å². The molecule has 1 N–H and O–H groups in total. The second-order valence-electron chi connectivity index (χ2n) is 3.64. The zero-order valence-corrected chi connectivity index (χ0v) is 9.20. The Morgan fingerprint density at radius 3 is 2.56 bits per heavy atom. The maximum atomic E-state index is 9.90. The van der Waals surface area contributed by atoms with Crippen molar-refractivity contribution < 1.29 is 5.11 Å². The Kier molecular flexibility index (Phi) is 2.91. The molecule has 0 fully saturated rings. The SMILES string of the molecule is Cc1cnc(C(O)Cc2ncnn2C)nc1. The van der Waals surface area contributed by atoms with E-state index in [1.54, 1.807) is 24.1 Å². The molecule has 16 heavy (non-hydrogen) atoms. The summed E-state index contributed by atoms with van der Waals surface area (Å²) < 4.78 is 1.62. The average Bonchev–Trinajstić information content (AvgIpc) is 2.65. The fourth-order valence-corrected chi connectivity index (χ4v) is 1.34. The van der Waals surface area contributed by atoms with Crippen LogP contribution in [0.25, 0.3) is 0 Å². The van der Waals surface area contributed by atoms with Crippen LogP contribution < -0.4 is 0 Å². The van der Waals surface area contributed by atoms with Gasteiger partial charge in [-0.05, 0) is 12.5 Å². The summed E-state index contributed by atoms with van der Waals surface area (Å²) in [4.78, 5) is 12.2. The van der Waals surface area contributed by atoms with E-state index < -0.39 is 6.10 Å². The zero-order chi connectivity index (χ0) is 11.5. The molecule has 0 saturated carbocycles. The Bertz CT molecular complexity index is 464. The summed E-state index contributed by atoms with van der Waals surface area (Å²) in [6.45, 7) is 1.90. The summed E-state index contributed by atoms with van der Waals surface area (Å²) in [6.07, 6.45) is 4.44. The molecule has 0 radical (unpaired) electrons. The van der Waals surface area contributed by atoms with Crippen LogP contribution in [0.1, 0.15) is 23.3 Å². The van der Waals surface area contributed by atoms with Gasteiger partial charge in [0.1, 0.15) is 18.3 Å². The van der Waals surface area contributed by atoms with Gasteiger partial charge in [0, 0.05) is 25.9 Å². The molecule has 2 rings (SSSR count). The van der Waals surface area contributed by atoms with E-state index >= 15 is 0 Å². The highest BCUT2D eigenvalue weighted by Crippen LogP contribution is 2.12. The van der Waals surface area contributed by atoms with Gasteiger partial charge in [0.15, 0.2) is 5.82 Å². The molecule has 6 heteroatoms. The molecule has 1 atom stereocenters. The molecule has 2 heterocycles. The van der Waals surface area contributed by atoms with Gasteiger partial charge < -0.3 is 5.11 Å². The third kappa shape index (κ3) is 2.22. The Hall–Kier alpha value is -1.82. The van der Waals surface area contributed by atoms with E-state index in [0.29, 0.717) is 18.1 Å². The molecule has 0 aliphatic rings. The number of aromatic nitrogens is 5. The average molecular weight is 219 g/mol. The number of hydrogen-bond donors (Lipinski definition) is 1. The highest BCUT2D eigenvalue weighted by atomic mass is 16.3. The summed E-state index contributed by atoms with van der Waals surface area (Å²) in [5.41, 5.74) is 0.967. The maximum absolute atomic E-state index is 9.90. The van der Waals surface area contributed by atoms with E-state index in [1.165, 1.54) is 6.33 Å². The van der Waals surface area contributed by atoms with Crippen molar-refractivity contribution in [2.45, 2.75) is 19.4 Å². The number of hydrogen-bond acceptors (Lipinski definition) is 5. The molecule has 0 spiro atoms. The topological polar surface area (TPSA) is 76.7 Å². The molecule has 0 saturated heterocycles. The van der Waals surface area contributed by atoms with Crippen LogP contribution in [0.3, 0.4) is 0 Å². The minimum Gasteiger partial charge on any atom is -0.385 e. The van der Waals surface area contributed by atoms with Gasteiger partial charge in [-0.2, -0.15) is 5.10 Å². The van der Waals surface area contributed by atoms with Gasteiger partial charge in [-0.25, -0.2) is 15.0 Å². The van der Waals surface area contributed by atoms with Gasteiger partial charge in [-0.15, -0.1) is 0 Å². The maximum Gasteiger partial charge on any atom is 0.157 e. The first-order chi connectivity index (χ1) is 7.66. The third-order valence-electron chi connectivity index (χ3n) is 2.28. The highest BCUT2D eigenvalue weighted by molar-refractivity contribution is 5.04. The highest BCUT2D eigenvalue weighted by Gasteiger charge is 2.14. The van der Waals surface area contributed by atoms with Gasteiger partial charge in [0.05, 0.1) is 0 Å². The molecule has 0 aliphatic carbocycles. The van der Waals surface area contributed by atoms with Crippen molar-refractivity contribution in [2.24, 2.45) is 7.05 Å². The van der Waals surface area contributed by atoms with Crippen LogP contribution in [-0.2, 0) is 13.5 Å². The zero-order valence-electron chi connectivity index (χ0n) is 9.20. The lowest BCUT2D eigenvalue weighted by Crippen LogP contribution is -2.10. The number of rotatable bonds is 3. The van der Waals surface area contributed by atoms with Gasteiger partial charge in [-0.3, -0.25) is 4.68 Å². The Morgan fingerprint density at radius 1 is 1.31 bits per heavy atom. The van der Waals surface area contributed by atoms with Crippen molar-refractivity contribution in [1.82, 2.24) is 24.7 Å². The van der Waals surface area contributed by atoms with Crippen molar-refractivity contribution in [2.75, 3.05) is 0 Å². The van der Waals surface area contributed by atoms with E-state index in [9.17, 15) is 5.11 Å². The molecule has 2 aromatic heterocycles. The number of nitrogens with zero attached hydrogens (tertiary/aromatic N) is 5. The monoisotopic (exact) mass is 219 g/mol. The van der Waals surface area contributed by atoms with Crippen LogP contribution in [0, 0.1) is 6.92 Å². The van der Waals surface area contributed by atoms with Gasteiger partial charge in [-0.1, -0.05) is 0 Å². The molecule has 84 valence electrons. The quantitative estimate of drug-likeness (QED) is 0.797. The van der Waals surface area contributed by atoms with Crippen LogP contribution in [0.15, 0.2) is 18.7 Å².